The fraction of sp³-hybridized carbons (Fsp3) is 0. The van der Waals surface area contributed by atoms with Crippen molar-refractivity contribution in [1.29, 1.82) is 0 Å². The average Bonchev–Trinajstić information content (AvgIpc) is 0. The average molecular weight is 1280 g/mol. The normalized spacial score (nSPS) is 0. The minimum atomic E-state index is 0. The second-order valence-corrected chi connectivity index (χ2v) is 0. The Balaban J connectivity index is 0. The number of hydrogen-bond donors (Lipinski definition) is 0. The molecule has 12 heteroatoms. The second-order valence-electron chi connectivity index (χ2n) is 0. The van der Waals surface area contributed by atoms with E-state index in [1.807, 2.05) is 0 Å². The molecule has 0 saturated heterocycles. The van der Waals surface area contributed by atoms with Crippen molar-refractivity contribution in [2.24, 2.45) is 0 Å². The van der Waals surface area contributed by atoms with Crippen LogP contribution < -0.4 is 515 Å². The van der Waals surface area contributed by atoms with E-state index < -0.39 is 0 Å². The van der Waals surface area contributed by atoms with Crippen molar-refractivity contribution < 1.29 is 515 Å². The summed E-state index contributed by atoms with van der Waals surface area (Å²) in [5.41, 5.74) is 0. The largest absolute Gasteiger partial charge is 1.00 e. The summed E-state index contributed by atoms with van der Waals surface area (Å²) in [5.74, 6) is 0. The van der Waals surface area contributed by atoms with Crippen LogP contribution in [0.1, 0.15) is 0 Å². The van der Waals surface area contributed by atoms with E-state index in [1.165, 1.54) is 0 Å². The van der Waals surface area contributed by atoms with Gasteiger partial charge in [0.25, 0.3) is 0 Å². The molecule has 0 heterocycles. The number of hydrogen-bond acceptors (Lipinski definition) is 0. The van der Waals surface area contributed by atoms with E-state index in [0.717, 1.165) is 0 Å². The summed E-state index contributed by atoms with van der Waals surface area (Å²) < 4.78 is 0. The molecule has 0 spiro atoms. The summed E-state index contributed by atoms with van der Waals surface area (Å²) in [5, 5.41) is 0. The Morgan fingerprint density at radius 3 is 0.167 bits per heavy atom. The van der Waals surface area contributed by atoms with Crippen LogP contribution in [-0.2, 0) is 0 Å². The summed E-state index contributed by atoms with van der Waals surface area (Å²) in [6.07, 6.45) is 0. The maximum atomic E-state index is 0. The quantitative estimate of drug-likeness (QED) is 0.227. The first-order valence-electron chi connectivity index (χ1n) is 0. The summed E-state index contributed by atoms with van der Waals surface area (Å²) >= 11 is 0. The summed E-state index contributed by atoms with van der Waals surface area (Å²) in [6.45, 7) is 0. The predicted molar refractivity (Wildman–Crippen MR) is 0 cm³/mol. The third kappa shape index (κ3) is 63.9. The predicted octanol–water partition coefficient (Wildman–Crippen LogP) is -36.0. The van der Waals surface area contributed by atoms with Crippen LogP contribution in [0.2, 0.25) is 0 Å². The van der Waals surface area contributed by atoms with Crippen LogP contribution in [0.3, 0.4) is 0 Å². The molecule has 0 nitrogen and oxygen atoms in total. The van der Waals surface area contributed by atoms with Crippen molar-refractivity contribution in [3.05, 3.63) is 0 Å². The van der Waals surface area contributed by atoms with Crippen molar-refractivity contribution in [2.75, 3.05) is 0 Å². The van der Waals surface area contributed by atoms with Crippen LogP contribution in [0, 0.1) is 0 Å². The standard InChI is InChI=1S/6BrH.6Cs/h6*1H;;;;;;/q;;;;;;6*+1/p-6. The smallest absolute Gasteiger partial charge is 1.00 e. The fourth-order valence-electron chi connectivity index (χ4n) is 0. The second kappa shape index (κ2) is 72.0. The van der Waals surface area contributed by atoms with Crippen LogP contribution in [0.15, 0.2) is 0 Å². The van der Waals surface area contributed by atoms with Crippen LogP contribution in [0.5, 0.6) is 0 Å². The minimum Gasteiger partial charge on any atom is -1.00 e. The molecule has 0 aromatic heterocycles. The van der Waals surface area contributed by atoms with Crippen molar-refractivity contribution in [3.63, 3.8) is 0 Å². The van der Waals surface area contributed by atoms with Gasteiger partial charge in [0.15, 0.2) is 0 Å². The molecule has 0 unspecified atom stereocenters. The van der Waals surface area contributed by atoms with Crippen molar-refractivity contribution in [1.82, 2.24) is 0 Å². The Labute approximate surface area is 492 Å². The molecule has 0 radical (unpaired) electrons. The van der Waals surface area contributed by atoms with E-state index in [1.54, 1.807) is 0 Å². The van der Waals surface area contributed by atoms with Gasteiger partial charge in [0, 0.05) is 0 Å². The molecule has 0 aliphatic carbocycles. The Bertz CT molecular complexity index is 12.0. The summed E-state index contributed by atoms with van der Waals surface area (Å²) in [6, 6.07) is 0. The van der Waals surface area contributed by atoms with Crippen LogP contribution in [0.25, 0.3) is 0 Å². The first-order chi connectivity index (χ1) is 0. The van der Waals surface area contributed by atoms with Gasteiger partial charge >= 0.3 is 413 Å². The van der Waals surface area contributed by atoms with E-state index in [-0.39, 0.29) is 515 Å². The zero-order valence-electron chi connectivity index (χ0n) is 8.27. The first-order valence-corrected chi connectivity index (χ1v) is 0. The monoisotopic (exact) mass is 1270 g/mol. The molecule has 0 rings (SSSR count). The fourth-order valence-corrected chi connectivity index (χ4v) is 0. The van der Waals surface area contributed by atoms with Crippen LogP contribution >= 0.6 is 0 Å². The van der Waals surface area contributed by atoms with E-state index in [4.69, 9.17) is 0 Å². The molecular weight excluding hydrogens is 1280 g/mol. The van der Waals surface area contributed by atoms with E-state index in [2.05, 4.69) is 0 Å². The molecule has 0 aromatic carbocycles. The van der Waals surface area contributed by atoms with Gasteiger partial charge in [-0.25, -0.2) is 0 Å². The molecule has 48 valence electrons. The van der Waals surface area contributed by atoms with Gasteiger partial charge in [-0.2, -0.15) is 0 Å². The van der Waals surface area contributed by atoms with Crippen LogP contribution in [0.4, 0.5) is 0 Å². The molecule has 0 aliphatic rings. The van der Waals surface area contributed by atoms with Crippen molar-refractivity contribution >= 4 is 0 Å². The van der Waals surface area contributed by atoms with Gasteiger partial charge in [-0.15, -0.1) is 0 Å². The molecule has 0 fully saturated rings. The Kier molecular flexibility index (Phi) is 485. The Morgan fingerprint density at radius 2 is 0.167 bits per heavy atom. The minimum absolute atomic E-state index is 0. The van der Waals surface area contributed by atoms with Gasteiger partial charge in [-0.05, 0) is 0 Å². The topological polar surface area (TPSA) is 0 Å². The molecule has 0 aromatic rings. The third-order valence-electron chi connectivity index (χ3n) is 0. The van der Waals surface area contributed by atoms with Gasteiger partial charge in [-0.1, -0.05) is 0 Å². The molecule has 0 amide bonds. The first kappa shape index (κ1) is 80.8. The third-order valence-corrected chi connectivity index (χ3v) is 0. The van der Waals surface area contributed by atoms with Gasteiger partial charge < -0.3 is 102 Å². The molecule has 0 atom stereocenters. The van der Waals surface area contributed by atoms with Gasteiger partial charge in [0.1, 0.15) is 0 Å². The van der Waals surface area contributed by atoms with Gasteiger partial charge in [-0.3, -0.25) is 0 Å². The van der Waals surface area contributed by atoms with E-state index in [9.17, 15) is 0 Å². The maximum Gasteiger partial charge on any atom is 1.00 e. The molecule has 0 saturated carbocycles. The SMILES string of the molecule is [Br-].[Br-].[Br-].[Br-].[Br-].[Br-].[Cs+].[Cs+].[Cs+].[Cs+].[Cs+].[Cs+]. The number of rotatable bonds is 0. The van der Waals surface area contributed by atoms with Crippen molar-refractivity contribution in [2.45, 2.75) is 0 Å². The Hall–Kier alpha value is 15.2. The maximum absolute atomic E-state index is 0. The zero-order valence-corrected chi connectivity index (χ0v) is 55.5. The van der Waals surface area contributed by atoms with Gasteiger partial charge in [0.05, 0.1) is 0 Å². The van der Waals surface area contributed by atoms with Gasteiger partial charge in [0.2, 0.25) is 0 Å². The molecule has 0 aliphatic heterocycles. The van der Waals surface area contributed by atoms with E-state index in [0.29, 0.717) is 0 Å². The Morgan fingerprint density at radius 1 is 0.167 bits per heavy atom. The summed E-state index contributed by atoms with van der Waals surface area (Å²) in [4.78, 5) is 0. The van der Waals surface area contributed by atoms with E-state index >= 15 is 0 Å². The summed E-state index contributed by atoms with van der Waals surface area (Å²) in [7, 11) is 0. The number of halogens is 6. The molecule has 0 bridgehead atoms. The van der Waals surface area contributed by atoms with Crippen molar-refractivity contribution in [3.8, 4) is 0 Å². The van der Waals surface area contributed by atoms with Crippen LogP contribution in [-0.4, -0.2) is 0 Å². The zero-order chi connectivity index (χ0) is 0. The molecule has 12 heavy (non-hydrogen) atoms. The molecule has 0 N–H and O–H groups in total. The molecular formula is Br6Cs6.